The van der Waals surface area contributed by atoms with Crippen molar-refractivity contribution in [2.45, 2.75) is 19.4 Å². The number of aromatic amines is 1. The van der Waals surface area contributed by atoms with Gasteiger partial charge in [-0.2, -0.15) is 0 Å². The van der Waals surface area contributed by atoms with E-state index in [-0.39, 0.29) is 6.04 Å². The number of benzene rings is 1. The summed E-state index contributed by atoms with van der Waals surface area (Å²) >= 11 is 0. The minimum absolute atomic E-state index is 0.126. The van der Waals surface area contributed by atoms with Crippen LogP contribution in [0.25, 0.3) is 10.9 Å². The van der Waals surface area contributed by atoms with Crippen LogP contribution < -0.4 is 5.32 Å². The maximum Gasteiger partial charge on any atom is 0.308 e. The van der Waals surface area contributed by atoms with E-state index in [4.69, 9.17) is 0 Å². The smallest absolute Gasteiger partial charge is 0.308 e. The Hall–Kier alpha value is -1.81. The Kier molecular flexibility index (Phi) is 2.59. The van der Waals surface area contributed by atoms with E-state index >= 15 is 0 Å². The van der Waals surface area contributed by atoms with Gasteiger partial charge in [0.05, 0.1) is 12.0 Å². The van der Waals surface area contributed by atoms with Crippen LogP contribution in [0.1, 0.15) is 24.2 Å². The third-order valence-electron chi connectivity index (χ3n) is 3.79. The predicted molar refractivity (Wildman–Crippen MR) is 69.5 cm³/mol. The van der Waals surface area contributed by atoms with E-state index in [1.165, 1.54) is 10.9 Å². The van der Waals surface area contributed by atoms with Crippen LogP contribution in [0.4, 0.5) is 0 Å². The second-order valence-electron chi connectivity index (χ2n) is 4.87. The molecule has 0 amide bonds. The lowest BCUT2D eigenvalue weighted by Crippen LogP contribution is -2.36. The molecule has 0 saturated carbocycles. The number of H-pyrrole nitrogens is 1. The van der Waals surface area contributed by atoms with Gasteiger partial charge in [0.25, 0.3) is 0 Å². The molecule has 1 aliphatic heterocycles. The number of aromatic nitrogens is 1. The summed E-state index contributed by atoms with van der Waals surface area (Å²) in [6, 6.07) is 8.02. The van der Waals surface area contributed by atoms with Crippen LogP contribution in [0.5, 0.6) is 0 Å². The summed E-state index contributed by atoms with van der Waals surface area (Å²) in [7, 11) is 0. The van der Waals surface area contributed by atoms with Crippen molar-refractivity contribution in [3.05, 3.63) is 35.5 Å². The lowest BCUT2D eigenvalue weighted by Gasteiger charge is -2.27. The second kappa shape index (κ2) is 4.14. The van der Waals surface area contributed by atoms with Crippen molar-refractivity contribution in [3.63, 3.8) is 0 Å². The molecule has 2 heterocycles. The number of hydrogen-bond donors (Lipinski definition) is 3. The molecule has 0 radical (unpaired) electrons. The molecule has 0 aliphatic carbocycles. The van der Waals surface area contributed by atoms with Crippen LogP contribution >= 0.6 is 0 Å². The molecule has 1 aromatic heterocycles. The van der Waals surface area contributed by atoms with Crippen molar-refractivity contribution < 1.29 is 9.90 Å². The van der Waals surface area contributed by atoms with Crippen LogP contribution in [-0.4, -0.2) is 22.6 Å². The van der Waals surface area contributed by atoms with Crippen molar-refractivity contribution in [2.75, 3.05) is 6.54 Å². The van der Waals surface area contributed by atoms with Crippen LogP contribution in [0, 0.1) is 5.92 Å². The number of nitrogens with one attached hydrogen (secondary N) is 2. The highest BCUT2D eigenvalue weighted by Crippen LogP contribution is 2.33. The van der Waals surface area contributed by atoms with Gasteiger partial charge < -0.3 is 15.4 Å². The Morgan fingerprint density at radius 3 is 3.00 bits per heavy atom. The van der Waals surface area contributed by atoms with Gasteiger partial charge in [0.15, 0.2) is 0 Å². The number of carboxylic acids is 1. The summed E-state index contributed by atoms with van der Waals surface area (Å²) in [6.07, 6.45) is 0.947. The van der Waals surface area contributed by atoms with Crippen LogP contribution in [0.2, 0.25) is 0 Å². The van der Waals surface area contributed by atoms with E-state index in [9.17, 15) is 9.90 Å². The van der Waals surface area contributed by atoms with Gasteiger partial charge >= 0.3 is 5.97 Å². The molecule has 4 heteroatoms. The Balaban J connectivity index is 2.13. The highest BCUT2D eigenvalue weighted by molar-refractivity contribution is 5.85. The fourth-order valence-corrected chi connectivity index (χ4v) is 2.78. The largest absolute Gasteiger partial charge is 0.481 e. The zero-order chi connectivity index (χ0) is 12.7. The fourth-order valence-electron chi connectivity index (χ4n) is 2.78. The Labute approximate surface area is 105 Å². The van der Waals surface area contributed by atoms with Gasteiger partial charge in [0, 0.05) is 16.6 Å². The summed E-state index contributed by atoms with van der Waals surface area (Å²) in [5.74, 6) is -1.20. The molecule has 2 atom stereocenters. The van der Waals surface area contributed by atoms with Crippen molar-refractivity contribution in [2.24, 2.45) is 5.92 Å². The number of fused-ring (bicyclic) bond motifs is 3. The number of carboxylic acid groups (broad SMARTS) is 1. The molecule has 94 valence electrons. The molecule has 4 nitrogen and oxygen atoms in total. The zero-order valence-corrected chi connectivity index (χ0v) is 10.2. The van der Waals surface area contributed by atoms with E-state index in [0.29, 0.717) is 0 Å². The summed E-state index contributed by atoms with van der Waals surface area (Å²) in [4.78, 5) is 14.5. The third-order valence-corrected chi connectivity index (χ3v) is 3.79. The monoisotopic (exact) mass is 244 g/mol. The maximum absolute atomic E-state index is 11.2. The SMILES string of the molecule is CC(C(=O)O)C1NCCc2c1[nH]c1ccccc21. The van der Waals surface area contributed by atoms with Crippen LogP contribution in [0.15, 0.2) is 24.3 Å². The minimum atomic E-state index is -0.765. The van der Waals surface area contributed by atoms with E-state index in [1.54, 1.807) is 6.92 Å². The molecule has 2 unspecified atom stereocenters. The lowest BCUT2D eigenvalue weighted by molar-refractivity contribution is -0.142. The molecule has 3 rings (SSSR count). The average Bonchev–Trinajstić information content (AvgIpc) is 2.76. The van der Waals surface area contributed by atoms with Crippen molar-refractivity contribution in [1.82, 2.24) is 10.3 Å². The van der Waals surface area contributed by atoms with E-state index < -0.39 is 11.9 Å². The van der Waals surface area contributed by atoms with E-state index in [0.717, 1.165) is 24.2 Å². The fraction of sp³-hybridized carbons (Fsp3) is 0.357. The first-order valence-corrected chi connectivity index (χ1v) is 6.24. The van der Waals surface area contributed by atoms with Gasteiger partial charge in [-0.05, 0) is 24.6 Å². The van der Waals surface area contributed by atoms with Crippen LogP contribution in [-0.2, 0) is 11.2 Å². The molecule has 0 saturated heterocycles. The molecular weight excluding hydrogens is 228 g/mol. The first-order chi connectivity index (χ1) is 8.68. The van der Waals surface area contributed by atoms with Gasteiger partial charge in [-0.25, -0.2) is 0 Å². The standard InChI is InChI=1S/C14H16N2O2/c1-8(14(17)18)12-13-10(6-7-15-12)9-4-2-3-5-11(9)16-13/h2-5,8,12,15-16H,6-7H2,1H3,(H,17,18). The second-order valence-corrected chi connectivity index (χ2v) is 4.87. The average molecular weight is 244 g/mol. The normalized spacial score (nSPS) is 20.6. The molecular formula is C14H16N2O2. The Morgan fingerprint density at radius 2 is 2.22 bits per heavy atom. The lowest BCUT2D eigenvalue weighted by atomic mass is 9.91. The number of para-hydroxylation sites is 1. The zero-order valence-electron chi connectivity index (χ0n) is 10.2. The quantitative estimate of drug-likeness (QED) is 0.757. The topological polar surface area (TPSA) is 65.1 Å². The number of carbonyl (C=O) groups is 1. The predicted octanol–water partition coefficient (Wildman–Crippen LogP) is 2.08. The van der Waals surface area contributed by atoms with Gasteiger partial charge in [-0.15, -0.1) is 0 Å². The van der Waals surface area contributed by atoms with Crippen molar-refractivity contribution in [3.8, 4) is 0 Å². The molecule has 1 aliphatic rings. The molecule has 0 spiro atoms. The van der Waals surface area contributed by atoms with E-state index in [1.807, 2.05) is 18.2 Å². The van der Waals surface area contributed by atoms with E-state index in [2.05, 4.69) is 16.4 Å². The van der Waals surface area contributed by atoms with Gasteiger partial charge in [-0.3, -0.25) is 4.79 Å². The first kappa shape index (κ1) is 11.3. The number of hydrogen-bond acceptors (Lipinski definition) is 2. The maximum atomic E-state index is 11.2. The highest BCUT2D eigenvalue weighted by atomic mass is 16.4. The van der Waals surface area contributed by atoms with Crippen molar-refractivity contribution in [1.29, 1.82) is 0 Å². The number of aliphatic carboxylic acids is 1. The molecule has 2 aromatic rings. The number of rotatable bonds is 2. The molecule has 0 fully saturated rings. The molecule has 18 heavy (non-hydrogen) atoms. The first-order valence-electron chi connectivity index (χ1n) is 6.24. The third kappa shape index (κ3) is 1.61. The van der Waals surface area contributed by atoms with Gasteiger partial charge in [0.2, 0.25) is 0 Å². The minimum Gasteiger partial charge on any atom is -0.481 e. The summed E-state index contributed by atoms with van der Waals surface area (Å²) in [5, 5.41) is 13.7. The summed E-state index contributed by atoms with van der Waals surface area (Å²) in [5.41, 5.74) is 3.40. The summed E-state index contributed by atoms with van der Waals surface area (Å²) < 4.78 is 0. The molecule has 3 N–H and O–H groups in total. The Morgan fingerprint density at radius 1 is 1.44 bits per heavy atom. The van der Waals surface area contributed by atoms with Gasteiger partial charge in [-0.1, -0.05) is 25.1 Å². The molecule has 1 aromatic carbocycles. The summed E-state index contributed by atoms with van der Waals surface area (Å²) in [6.45, 7) is 2.58. The Bertz CT molecular complexity index is 603. The van der Waals surface area contributed by atoms with Crippen molar-refractivity contribution >= 4 is 16.9 Å². The molecule has 0 bridgehead atoms. The highest BCUT2D eigenvalue weighted by Gasteiger charge is 2.31. The van der Waals surface area contributed by atoms with Gasteiger partial charge in [0.1, 0.15) is 0 Å². The van der Waals surface area contributed by atoms with Crippen LogP contribution in [0.3, 0.4) is 0 Å².